The van der Waals surface area contributed by atoms with Crippen LogP contribution in [0.2, 0.25) is 0 Å². The van der Waals surface area contributed by atoms with Gasteiger partial charge in [-0.25, -0.2) is 13.2 Å². The third kappa shape index (κ3) is 2.60. The topological polar surface area (TPSA) is 125 Å². The first-order valence-corrected chi connectivity index (χ1v) is 10.2. The quantitative estimate of drug-likeness (QED) is 0.490. The number of hydrogen-bond acceptors (Lipinski definition) is 8. The van der Waals surface area contributed by atoms with E-state index in [0.717, 1.165) is 6.42 Å². The summed E-state index contributed by atoms with van der Waals surface area (Å²) in [6.45, 7) is 4.71. The van der Waals surface area contributed by atoms with E-state index in [1.54, 1.807) is 13.8 Å². The number of sulfone groups is 1. The lowest BCUT2D eigenvalue weighted by Gasteiger charge is -2.33. The summed E-state index contributed by atoms with van der Waals surface area (Å²) in [5.74, 6) is -2.74. The van der Waals surface area contributed by atoms with Crippen LogP contribution >= 0.6 is 0 Å². The van der Waals surface area contributed by atoms with E-state index in [1.165, 1.54) is 6.92 Å². The largest absolute Gasteiger partial charge is 0.875 e. The van der Waals surface area contributed by atoms with Crippen molar-refractivity contribution in [3.05, 3.63) is 11.3 Å². The van der Waals surface area contributed by atoms with E-state index in [-0.39, 0.29) is 29.9 Å². The Bertz CT molecular complexity index is 862. The highest BCUT2D eigenvalue weighted by molar-refractivity contribution is 8.09. The Morgan fingerprint density at radius 1 is 1.08 bits per heavy atom. The van der Waals surface area contributed by atoms with Crippen molar-refractivity contribution < 1.29 is 27.9 Å². The Labute approximate surface area is 151 Å². The molecular weight excluding hydrogens is 360 g/mol. The van der Waals surface area contributed by atoms with E-state index in [1.807, 2.05) is 0 Å². The highest BCUT2D eigenvalue weighted by Gasteiger charge is 2.59. The van der Waals surface area contributed by atoms with Gasteiger partial charge in [0, 0.05) is 18.8 Å². The highest BCUT2D eigenvalue weighted by Crippen LogP contribution is 2.41. The molecule has 2 atom stereocenters. The van der Waals surface area contributed by atoms with E-state index >= 15 is 0 Å². The van der Waals surface area contributed by atoms with Crippen LogP contribution in [0.4, 0.5) is 0 Å². The first-order valence-electron chi connectivity index (χ1n) is 8.68. The molecule has 142 valence electrons. The van der Waals surface area contributed by atoms with Gasteiger partial charge in [0.15, 0.2) is 5.78 Å². The van der Waals surface area contributed by atoms with E-state index < -0.39 is 43.4 Å². The van der Waals surface area contributed by atoms with Gasteiger partial charge >= 0.3 is 5.97 Å². The van der Waals surface area contributed by atoms with Crippen molar-refractivity contribution in [2.75, 3.05) is 0 Å². The highest BCUT2D eigenvalue weighted by atomic mass is 32.2. The zero-order chi connectivity index (χ0) is 19.3. The molecule has 2 unspecified atom stereocenters. The summed E-state index contributed by atoms with van der Waals surface area (Å²) in [5.41, 5.74) is -0.0678. The summed E-state index contributed by atoms with van der Waals surface area (Å²) >= 11 is 0. The minimum Gasteiger partial charge on any atom is -0.875 e. The molecule has 1 spiro atoms. The molecule has 1 saturated heterocycles. The molecule has 2 fully saturated rings. The van der Waals surface area contributed by atoms with Crippen molar-refractivity contribution in [3.63, 3.8) is 0 Å². The molecule has 0 N–H and O–H groups in total. The van der Waals surface area contributed by atoms with Gasteiger partial charge in [0.25, 0.3) is 5.04 Å². The molecule has 0 aromatic carbocycles. The van der Waals surface area contributed by atoms with E-state index in [9.17, 15) is 23.1 Å². The molecule has 1 heterocycles. The van der Waals surface area contributed by atoms with Gasteiger partial charge in [-0.2, -0.15) is 0 Å². The maximum Gasteiger partial charge on any atom is 0.372 e. The Kier molecular flexibility index (Phi) is 4.54. The summed E-state index contributed by atoms with van der Waals surface area (Å²) in [6, 6.07) is 0. The van der Waals surface area contributed by atoms with Crippen molar-refractivity contribution in [2.45, 2.75) is 57.8 Å². The average molecular weight is 381 g/mol. The van der Waals surface area contributed by atoms with Gasteiger partial charge < -0.3 is 9.84 Å². The van der Waals surface area contributed by atoms with E-state index in [0.29, 0.717) is 12.8 Å². The van der Waals surface area contributed by atoms with Crippen molar-refractivity contribution in [3.8, 4) is 0 Å². The standard InChI is InChI=1S/C17H22N2O6S/c1-9-10(2)14(21)12(11(3)13(9)20)18-19-15-16(22)25-17(26(15,23)24)7-5-4-6-8-17/h9-10,20H,4-8H2,1-3H3/p-1/b18-12?,19-15+. The lowest BCUT2D eigenvalue weighted by atomic mass is 9.80. The molecule has 0 amide bonds. The number of carbonyl (C=O) groups is 2. The summed E-state index contributed by atoms with van der Waals surface area (Å²) in [5, 5.41) is 18.7. The summed E-state index contributed by atoms with van der Waals surface area (Å²) in [4.78, 5) is 23.0. The molecule has 0 aromatic rings. The number of ether oxygens (including phenoxy) is 1. The monoisotopic (exact) mass is 381 g/mol. The van der Waals surface area contributed by atoms with Crippen LogP contribution in [0.25, 0.3) is 0 Å². The number of hydrogen-bond donors (Lipinski definition) is 0. The number of carbonyl (C=O) groups excluding carboxylic acids is 2. The molecule has 1 saturated carbocycles. The number of Topliss-reactive ketones (excluding diaryl/α,β-unsaturated/α-hetero) is 1. The van der Waals surface area contributed by atoms with Crippen LogP contribution in [0.5, 0.6) is 0 Å². The Balaban J connectivity index is 2.04. The van der Waals surface area contributed by atoms with Gasteiger partial charge in [-0.1, -0.05) is 20.3 Å². The SMILES string of the molecule is CC1=C([O-])C(C)C(C)C(=O)C1=N/N=C1\C(=O)OC2(CCCCC2)S1(=O)=O. The fourth-order valence-corrected chi connectivity index (χ4v) is 5.41. The normalized spacial score (nSPS) is 34.0. The van der Waals surface area contributed by atoms with Gasteiger partial charge in [0.1, 0.15) is 5.71 Å². The van der Waals surface area contributed by atoms with Crippen LogP contribution in [0, 0.1) is 11.8 Å². The Morgan fingerprint density at radius 3 is 2.31 bits per heavy atom. The number of nitrogens with zero attached hydrogens (tertiary/aromatic N) is 2. The van der Waals surface area contributed by atoms with Crippen molar-refractivity contribution in [1.29, 1.82) is 0 Å². The second kappa shape index (κ2) is 6.29. The fraction of sp³-hybridized carbons (Fsp3) is 0.647. The zero-order valence-corrected chi connectivity index (χ0v) is 15.8. The lowest BCUT2D eigenvalue weighted by Crippen LogP contribution is -2.39. The van der Waals surface area contributed by atoms with Gasteiger partial charge in [0.05, 0.1) is 0 Å². The third-order valence-corrected chi connectivity index (χ3v) is 7.82. The van der Waals surface area contributed by atoms with Crippen molar-refractivity contribution in [2.24, 2.45) is 22.0 Å². The van der Waals surface area contributed by atoms with E-state index in [4.69, 9.17) is 4.74 Å². The summed E-state index contributed by atoms with van der Waals surface area (Å²) in [6.07, 6.45) is 2.62. The maximum atomic E-state index is 12.8. The minimum absolute atomic E-state index is 0.126. The fourth-order valence-electron chi connectivity index (χ4n) is 3.64. The Hall–Kier alpha value is -2.03. The smallest absolute Gasteiger partial charge is 0.372 e. The molecule has 26 heavy (non-hydrogen) atoms. The molecule has 3 aliphatic rings. The van der Waals surface area contributed by atoms with Crippen LogP contribution in [0.1, 0.15) is 52.9 Å². The van der Waals surface area contributed by atoms with Crippen LogP contribution in [0.15, 0.2) is 21.5 Å². The number of rotatable bonds is 1. The molecule has 9 heteroatoms. The van der Waals surface area contributed by atoms with Gasteiger partial charge in [-0.15, -0.1) is 16.0 Å². The minimum atomic E-state index is -4.11. The predicted octanol–water partition coefficient (Wildman–Crippen LogP) is 0.862. The van der Waals surface area contributed by atoms with Crippen molar-refractivity contribution >= 4 is 32.3 Å². The second-order valence-corrected chi connectivity index (χ2v) is 9.29. The number of esters is 1. The number of allylic oxidation sites excluding steroid dienone is 2. The van der Waals surface area contributed by atoms with Gasteiger partial charge in [-0.3, -0.25) is 4.79 Å². The first kappa shape index (κ1) is 18.8. The Morgan fingerprint density at radius 2 is 1.69 bits per heavy atom. The number of ketones is 1. The first-order chi connectivity index (χ1) is 12.1. The molecule has 0 aromatic heterocycles. The second-order valence-electron chi connectivity index (χ2n) is 7.15. The maximum absolute atomic E-state index is 12.8. The summed E-state index contributed by atoms with van der Waals surface area (Å²) < 4.78 is 30.8. The lowest BCUT2D eigenvalue weighted by molar-refractivity contribution is -0.317. The van der Waals surface area contributed by atoms with Crippen LogP contribution < -0.4 is 5.11 Å². The van der Waals surface area contributed by atoms with Gasteiger partial charge in [0.2, 0.25) is 14.8 Å². The molecule has 0 bridgehead atoms. The molecule has 2 aliphatic carbocycles. The van der Waals surface area contributed by atoms with Gasteiger partial charge in [-0.05, 0) is 31.3 Å². The molecule has 0 radical (unpaired) electrons. The van der Waals surface area contributed by atoms with Crippen LogP contribution in [0.3, 0.4) is 0 Å². The van der Waals surface area contributed by atoms with Crippen LogP contribution in [-0.2, 0) is 24.2 Å². The third-order valence-electron chi connectivity index (χ3n) is 5.59. The molecule has 3 rings (SSSR count). The van der Waals surface area contributed by atoms with Crippen LogP contribution in [-0.4, -0.2) is 35.9 Å². The molecular formula is C17H21N2O6S-. The van der Waals surface area contributed by atoms with E-state index in [2.05, 4.69) is 10.2 Å². The zero-order valence-electron chi connectivity index (χ0n) is 14.9. The van der Waals surface area contributed by atoms with Crippen molar-refractivity contribution in [1.82, 2.24) is 0 Å². The predicted molar refractivity (Wildman–Crippen MR) is 91.7 cm³/mol. The molecule has 8 nitrogen and oxygen atoms in total. The average Bonchev–Trinajstić information content (AvgIpc) is 2.78. The molecule has 1 aliphatic heterocycles. The summed E-state index contributed by atoms with van der Waals surface area (Å²) in [7, 11) is -4.11.